The normalized spacial score (nSPS) is 17.0. The molecule has 0 bridgehead atoms. The number of carbonyl (C=O) groups excluding carboxylic acids is 3. The quantitative estimate of drug-likeness (QED) is 0.140. The zero-order chi connectivity index (χ0) is 35.7. The molecule has 0 aromatic heterocycles. The molecule has 0 saturated heterocycles. The Morgan fingerprint density at radius 3 is 2.33 bits per heavy atom. The number of rotatable bonds is 14. The minimum absolute atomic E-state index is 0.0206. The summed E-state index contributed by atoms with van der Waals surface area (Å²) in [5.41, 5.74) is 8.49. The van der Waals surface area contributed by atoms with Crippen molar-refractivity contribution in [1.82, 2.24) is 9.21 Å². The van der Waals surface area contributed by atoms with Crippen LogP contribution in [0.25, 0.3) is 0 Å². The van der Waals surface area contributed by atoms with E-state index >= 15 is 0 Å². The molecule has 3 amide bonds. The third kappa shape index (κ3) is 9.80. The Kier molecular flexibility index (Phi) is 12.8. The van der Waals surface area contributed by atoms with Gasteiger partial charge in [-0.1, -0.05) is 43.2 Å². The summed E-state index contributed by atoms with van der Waals surface area (Å²) in [6.07, 6.45) is 1.75. The van der Waals surface area contributed by atoms with E-state index in [1.54, 1.807) is 78.6 Å². The topological polar surface area (TPSA) is 171 Å². The molecule has 12 nitrogen and oxygen atoms in total. The molecule has 3 aromatic rings. The van der Waals surface area contributed by atoms with Crippen LogP contribution in [-0.4, -0.2) is 79.3 Å². The number of aliphatic hydroxyl groups excluding tert-OH is 1. The Bertz CT molecular complexity index is 1730. The highest BCUT2D eigenvalue weighted by atomic mass is 32.2. The van der Waals surface area contributed by atoms with Crippen LogP contribution in [0, 0.1) is 12.8 Å². The number of hydrogen-bond acceptors (Lipinski definition) is 8. The van der Waals surface area contributed by atoms with Crippen LogP contribution in [0.15, 0.2) is 71.6 Å². The number of aliphatic hydroxyl groups is 1. The first-order chi connectivity index (χ1) is 23.3. The third-order valence-corrected chi connectivity index (χ3v) is 10.5. The monoisotopic (exact) mass is 693 g/mol. The SMILES string of the molecule is Cc1ccc(S(=O)(=O)N(C)C[C@@H]2Oc3ccc(NC(=O)CCCCCC(=O)Nc4ccccc4N)cc3C(=O)N([C@@H](C)CO)C[C@@H]2C)cc1. The number of fused-ring (bicyclic) bond motifs is 1. The minimum atomic E-state index is -3.81. The first-order valence-electron chi connectivity index (χ1n) is 16.5. The molecule has 1 heterocycles. The molecule has 0 fully saturated rings. The molecule has 13 heteroatoms. The van der Waals surface area contributed by atoms with E-state index in [9.17, 15) is 27.9 Å². The maximum atomic E-state index is 13.8. The van der Waals surface area contributed by atoms with Crippen molar-refractivity contribution < 1.29 is 32.6 Å². The second-order valence-corrected chi connectivity index (χ2v) is 14.7. The average molecular weight is 694 g/mol. The second kappa shape index (κ2) is 16.8. The molecular formula is C36H47N5O7S. The van der Waals surface area contributed by atoms with Crippen LogP contribution >= 0.6 is 0 Å². The number of benzene rings is 3. The Labute approximate surface area is 288 Å². The third-order valence-electron chi connectivity index (χ3n) is 8.66. The highest BCUT2D eigenvalue weighted by Crippen LogP contribution is 2.31. The van der Waals surface area contributed by atoms with Gasteiger partial charge in [-0.15, -0.1) is 0 Å². The fraction of sp³-hybridized carbons (Fsp3) is 0.417. The highest BCUT2D eigenvalue weighted by Gasteiger charge is 2.35. The molecule has 0 aliphatic carbocycles. The van der Waals surface area contributed by atoms with E-state index in [-0.39, 0.29) is 66.0 Å². The summed E-state index contributed by atoms with van der Waals surface area (Å²) in [6.45, 7) is 5.48. The molecule has 0 unspecified atom stereocenters. The van der Waals surface area contributed by atoms with E-state index in [1.807, 2.05) is 13.8 Å². The molecule has 264 valence electrons. The summed E-state index contributed by atoms with van der Waals surface area (Å²) in [5.74, 6) is -0.782. The van der Waals surface area contributed by atoms with Crippen LogP contribution in [0.2, 0.25) is 0 Å². The predicted octanol–water partition coefficient (Wildman–Crippen LogP) is 4.65. The number of likely N-dealkylation sites (N-methyl/N-ethyl adjacent to an activating group) is 1. The van der Waals surface area contributed by atoms with Crippen molar-refractivity contribution in [3.63, 3.8) is 0 Å². The molecule has 0 radical (unpaired) electrons. The number of nitrogens with two attached hydrogens (primary N) is 1. The molecule has 1 aliphatic heterocycles. The number of nitrogen functional groups attached to an aromatic ring is 1. The Balaban J connectivity index is 1.40. The standard InChI is InChI=1S/C36H47N5O7S/c1-24-14-17-28(18-15-24)49(46,47)40(4)22-33-25(2)21-41(26(3)23-42)36(45)29-20-27(16-19-32(29)48-33)38-34(43)12-6-5-7-13-35(44)39-31-11-9-8-10-30(31)37/h8-11,14-20,25-26,33,42H,5-7,12-13,21-23,37H2,1-4H3,(H,38,43)(H,39,44)/t25-,26-,33-/m0/s1. The van der Waals surface area contributed by atoms with Gasteiger partial charge in [0, 0.05) is 38.0 Å². The molecule has 49 heavy (non-hydrogen) atoms. The van der Waals surface area contributed by atoms with Gasteiger partial charge in [-0.25, -0.2) is 8.42 Å². The van der Waals surface area contributed by atoms with Crippen molar-refractivity contribution in [1.29, 1.82) is 0 Å². The van der Waals surface area contributed by atoms with E-state index in [0.717, 1.165) is 5.56 Å². The Hall–Kier alpha value is -4.46. The number of unbranched alkanes of at least 4 members (excludes halogenated alkanes) is 2. The number of hydrogen-bond donors (Lipinski definition) is 4. The van der Waals surface area contributed by atoms with E-state index < -0.39 is 22.2 Å². The number of anilines is 3. The van der Waals surface area contributed by atoms with Crippen molar-refractivity contribution in [3.05, 3.63) is 77.9 Å². The number of nitrogens with zero attached hydrogens (tertiary/aromatic N) is 2. The van der Waals surface area contributed by atoms with E-state index in [2.05, 4.69) is 10.6 Å². The van der Waals surface area contributed by atoms with Gasteiger partial charge in [0.1, 0.15) is 11.9 Å². The largest absolute Gasteiger partial charge is 0.488 e. The summed E-state index contributed by atoms with van der Waals surface area (Å²) in [6, 6.07) is 17.9. The van der Waals surface area contributed by atoms with Crippen molar-refractivity contribution in [3.8, 4) is 5.75 Å². The minimum Gasteiger partial charge on any atom is -0.488 e. The smallest absolute Gasteiger partial charge is 0.258 e. The molecular weight excluding hydrogens is 646 g/mol. The van der Waals surface area contributed by atoms with Crippen LogP contribution < -0.4 is 21.1 Å². The van der Waals surface area contributed by atoms with Gasteiger partial charge in [0.05, 0.1) is 41.0 Å². The number of amides is 3. The van der Waals surface area contributed by atoms with Crippen LogP contribution in [0.4, 0.5) is 17.1 Å². The molecule has 1 aliphatic rings. The first-order valence-corrected chi connectivity index (χ1v) is 17.9. The fourth-order valence-electron chi connectivity index (χ4n) is 5.55. The maximum Gasteiger partial charge on any atom is 0.258 e. The number of para-hydroxylation sites is 2. The lowest BCUT2D eigenvalue weighted by molar-refractivity contribution is -0.116. The lowest BCUT2D eigenvalue weighted by Crippen LogP contribution is -2.50. The van der Waals surface area contributed by atoms with Gasteiger partial charge in [0.15, 0.2) is 0 Å². The summed E-state index contributed by atoms with van der Waals surface area (Å²) in [7, 11) is -2.31. The molecule has 5 N–H and O–H groups in total. The van der Waals surface area contributed by atoms with Gasteiger partial charge in [-0.2, -0.15) is 4.31 Å². The van der Waals surface area contributed by atoms with E-state index in [4.69, 9.17) is 10.5 Å². The van der Waals surface area contributed by atoms with E-state index in [0.29, 0.717) is 42.7 Å². The van der Waals surface area contributed by atoms with Gasteiger partial charge < -0.3 is 31.1 Å². The number of nitrogens with one attached hydrogen (secondary N) is 2. The molecule has 3 atom stereocenters. The highest BCUT2D eigenvalue weighted by molar-refractivity contribution is 7.89. The van der Waals surface area contributed by atoms with Crippen LogP contribution in [0.5, 0.6) is 5.75 Å². The zero-order valence-corrected chi connectivity index (χ0v) is 29.3. The van der Waals surface area contributed by atoms with Crippen molar-refractivity contribution >= 4 is 44.8 Å². The number of aryl methyl sites for hydroxylation is 1. The molecule has 4 rings (SSSR count). The number of sulfonamides is 1. The zero-order valence-electron chi connectivity index (χ0n) is 28.5. The predicted molar refractivity (Wildman–Crippen MR) is 190 cm³/mol. The average Bonchev–Trinajstić information content (AvgIpc) is 3.07. The number of ether oxygens (including phenoxy) is 1. The summed E-state index contributed by atoms with van der Waals surface area (Å²) in [5, 5.41) is 15.6. The lowest BCUT2D eigenvalue weighted by atomic mass is 9.99. The van der Waals surface area contributed by atoms with E-state index in [1.165, 1.54) is 11.4 Å². The van der Waals surface area contributed by atoms with Crippen molar-refractivity contribution in [2.45, 2.75) is 69.9 Å². The summed E-state index contributed by atoms with van der Waals surface area (Å²) < 4.78 is 34.3. The van der Waals surface area contributed by atoms with Crippen LogP contribution in [0.1, 0.15) is 61.9 Å². The molecule has 0 spiro atoms. The lowest BCUT2D eigenvalue weighted by Gasteiger charge is -2.38. The maximum absolute atomic E-state index is 13.8. The summed E-state index contributed by atoms with van der Waals surface area (Å²) >= 11 is 0. The number of carbonyl (C=O) groups is 3. The van der Waals surface area contributed by atoms with Gasteiger partial charge >= 0.3 is 0 Å². The summed E-state index contributed by atoms with van der Waals surface area (Å²) in [4.78, 5) is 40.6. The second-order valence-electron chi connectivity index (χ2n) is 12.7. The first kappa shape index (κ1) is 37.4. The molecule has 3 aromatic carbocycles. The van der Waals surface area contributed by atoms with Crippen LogP contribution in [-0.2, 0) is 19.6 Å². The van der Waals surface area contributed by atoms with Gasteiger partial charge in [-0.3, -0.25) is 14.4 Å². The van der Waals surface area contributed by atoms with Crippen molar-refractivity contribution in [2.75, 3.05) is 43.1 Å². The van der Waals surface area contributed by atoms with Gasteiger partial charge in [0.2, 0.25) is 21.8 Å². The van der Waals surface area contributed by atoms with Crippen molar-refractivity contribution in [2.24, 2.45) is 5.92 Å². The molecule has 0 saturated carbocycles. The van der Waals surface area contributed by atoms with Gasteiger partial charge in [0.25, 0.3) is 5.91 Å². The Morgan fingerprint density at radius 2 is 1.67 bits per heavy atom. The fourth-order valence-corrected chi connectivity index (χ4v) is 6.74. The van der Waals surface area contributed by atoms with Gasteiger partial charge in [-0.05, 0) is 69.2 Å². The Morgan fingerprint density at radius 1 is 1.02 bits per heavy atom. The van der Waals surface area contributed by atoms with Crippen LogP contribution in [0.3, 0.4) is 0 Å².